The molecular weight excluding hydrogens is 293 g/mol. The number of nitrogens with zero attached hydrogens (tertiary/aromatic N) is 1. The second kappa shape index (κ2) is 5.88. The normalized spacial score (nSPS) is 15.5. The molecule has 1 aliphatic heterocycles. The van der Waals surface area contributed by atoms with Gasteiger partial charge in [-0.05, 0) is 29.8 Å². The molecule has 1 aliphatic rings. The molecule has 0 saturated heterocycles. The summed E-state index contributed by atoms with van der Waals surface area (Å²) in [6.45, 7) is 0.447. The van der Waals surface area contributed by atoms with Gasteiger partial charge in [-0.3, -0.25) is 4.98 Å². The van der Waals surface area contributed by atoms with Crippen molar-refractivity contribution in [1.82, 2.24) is 4.98 Å². The third kappa shape index (κ3) is 2.50. The van der Waals surface area contributed by atoms with Crippen LogP contribution in [0.4, 0.5) is 0 Å². The summed E-state index contributed by atoms with van der Waals surface area (Å²) in [5.74, 6) is 0.883. The van der Waals surface area contributed by atoms with Crippen LogP contribution < -0.4 is 9.83 Å². The Morgan fingerprint density at radius 1 is 0.864 bits per heavy atom. The van der Waals surface area contributed by atoms with Crippen LogP contribution in [0.5, 0.6) is 5.75 Å². The summed E-state index contributed by atoms with van der Waals surface area (Å²) in [5, 5.41) is 1.12. The van der Waals surface area contributed by atoms with Gasteiger partial charge in [-0.25, -0.2) is 0 Å². The predicted octanol–water partition coefficient (Wildman–Crippen LogP) is 4.30. The highest BCUT2D eigenvalue weighted by Crippen LogP contribution is 2.49. The fraction of sp³-hybridized carbons (Fsp3) is 0.0556. The van der Waals surface area contributed by atoms with Crippen LogP contribution >= 0.6 is 8.38 Å². The van der Waals surface area contributed by atoms with Crippen LogP contribution in [0.3, 0.4) is 0 Å². The molecule has 2 aromatic carbocycles. The second-order valence-corrected chi connectivity index (χ2v) is 6.39. The molecule has 3 nitrogen and oxygen atoms in total. The number of pyridine rings is 1. The van der Waals surface area contributed by atoms with E-state index in [1.807, 2.05) is 48.5 Å². The molecule has 0 fully saturated rings. The molecule has 0 aliphatic carbocycles. The first-order valence-corrected chi connectivity index (χ1v) is 8.29. The minimum atomic E-state index is -1.14. The van der Waals surface area contributed by atoms with E-state index in [4.69, 9.17) is 9.05 Å². The largest absolute Gasteiger partial charge is 0.443 e. The standard InChI is InChI=1S/C18H14NO2P/c1-3-10-17-15(8-1)16-9-2-4-11-18(16)22(21-17)20-13-14-7-5-6-12-19-14/h1-12H,13H2. The van der Waals surface area contributed by atoms with E-state index in [9.17, 15) is 0 Å². The number of benzene rings is 2. The van der Waals surface area contributed by atoms with Crippen molar-refractivity contribution in [3.63, 3.8) is 0 Å². The second-order valence-electron chi connectivity index (χ2n) is 4.96. The fourth-order valence-electron chi connectivity index (χ4n) is 2.47. The summed E-state index contributed by atoms with van der Waals surface area (Å²) in [7, 11) is -1.14. The summed E-state index contributed by atoms with van der Waals surface area (Å²) in [4.78, 5) is 4.29. The summed E-state index contributed by atoms with van der Waals surface area (Å²) < 4.78 is 12.1. The molecule has 0 saturated carbocycles. The summed E-state index contributed by atoms with van der Waals surface area (Å²) >= 11 is 0. The highest BCUT2D eigenvalue weighted by molar-refractivity contribution is 7.56. The third-order valence-corrected chi connectivity index (χ3v) is 5.02. The van der Waals surface area contributed by atoms with Gasteiger partial charge < -0.3 is 9.05 Å². The molecule has 22 heavy (non-hydrogen) atoms. The molecule has 4 rings (SSSR count). The number of hydrogen-bond acceptors (Lipinski definition) is 3. The van der Waals surface area contributed by atoms with Crippen LogP contribution in [0, 0.1) is 0 Å². The molecule has 1 atom stereocenters. The number of hydrogen-bond donors (Lipinski definition) is 0. The van der Waals surface area contributed by atoms with Crippen LogP contribution in [-0.4, -0.2) is 4.98 Å². The van der Waals surface area contributed by atoms with E-state index in [1.54, 1.807) is 6.20 Å². The lowest BCUT2D eigenvalue weighted by atomic mass is 10.0. The van der Waals surface area contributed by atoms with E-state index < -0.39 is 8.38 Å². The van der Waals surface area contributed by atoms with Crippen LogP contribution in [0.25, 0.3) is 11.1 Å². The lowest BCUT2D eigenvalue weighted by Crippen LogP contribution is -2.15. The number of rotatable bonds is 3. The van der Waals surface area contributed by atoms with E-state index in [2.05, 4.69) is 23.2 Å². The minimum Gasteiger partial charge on any atom is -0.443 e. The SMILES string of the molecule is c1ccc(COP2Oc3ccccc3-c3ccccc32)nc1. The molecule has 108 valence electrons. The monoisotopic (exact) mass is 307 g/mol. The Morgan fingerprint density at radius 3 is 2.50 bits per heavy atom. The summed E-state index contributed by atoms with van der Waals surface area (Å²) in [6, 6.07) is 22.2. The van der Waals surface area contributed by atoms with Crippen LogP contribution in [0.1, 0.15) is 5.69 Å². The molecule has 0 N–H and O–H groups in total. The van der Waals surface area contributed by atoms with Gasteiger partial charge in [0.2, 0.25) is 0 Å². The van der Waals surface area contributed by atoms with Crippen LogP contribution in [-0.2, 0) is 11.1 Å². The maximum atomic E-state index is 6.09. The number of fused-ring (bicyclic) bond motifs is 3. The molecule has 0 spiro atoms. The molecule has 1 unspecified atom stereocenters. The van der Waals surface area contributed by atoms with Crippen molar-refractivity contribution < 1.29 is 9.05 Å². The van der Waals surface area contributed by atoms with Crippen LogP contribution in [0.15, 0.2) is 72.9 Å². The third-order valence-electron chi connectivity index (χ3n) is 3.52. The number of aromatic nitrogens is 1. The first-order valence-electron chi connectivity index (χ1n) is 7.11. The van der Waals surface area contributed by atoms with Gasteiger partial charge in [0.15, 0.2) is 0 Å². The predicted molar refractivity (Wildman–Crippen MR) is 88.1 cm³/mol. The topological polar surface area (TPSA) is 31.4 Å². The lowest BCUT2D eigenvalue weighted by Gasteiger charge is -2.27. The first-order chi connectivity index (χ1) is 10.9. The average molecular weight is 307 g/mol. The van der Waals surface area contributed by atoms with Crippen molar-refractivity contribution in [2.75, 3.05) is 0 Å². The van der Waals surface area contributed by atoms with E-state index >= 15 is 0 Å². The molecule has 0 radical (unpaired) electrons. The Bertz CT molecular complexity index is 792. The maximum Gasteiger partial charge on any atom is 0.266 e. The Labute approximate surface area is 130 Å². The quantitative estimate of drug-likeness (QED) is 0.676. The van der Waals surface area contributed by atoms with Gasteiger partial charge in [0.25, 0.3) is 8.38 Å². The minimum absolute atomic E-state index is 0.447. The zero-order valence-corrected chi connectivity index (χ0v) is 12.7. The van der Waals surface area contributed by atoms with Gasteiger partial charge in [0.1, 0.15) is 5.75 Å². The first kappa shape index (κ1) is 13.4. The fourth-order valence-corrected chi connectivity index (χ4v) is 3.95. The van der Waals surface area contributed by atoms with E-state index in [1.165, 1.54) is 5.56 Å². The van der Waals surface area contributed by atoms with Gasteiger partial charge in [-0.1, -0.05) is 42.5 Å². The number of para-hydroxylation sites is 1. The van der Waals surface area contributed by atoms with Crippen molar-refractivity contribution in [2.24, 2.45) is 0 Å². The zero-order chi connectivity index (χ0) is 14.8. The molecule has 0 amide bonds. The van der Waals surface area contributed by atoms with Crippen molar-refractivity contribution in [3.05, 3.63) is 78.6 Å². The van der Waals surface area contributed by atoms with Crippen molar-refractivity contribution in [3.8, 4) is 16.9 Å². The van der Waals surface area contributed by atoms with E-state index in [0.717, 1.165) is 22.3 Å². The van der Waals surface area contributed by atoms with E-state index in [0.29, 0.717) is 6.61 Å². The summed E-state index contributed by atoms with van der Waals surface area (Å²) in [6.07, 6.45) is 1.77. The Kier molecular flexibility index (Phi) is 3.59. The highest BCUT2D eigenvalue weighted by Gasteiger charge is 2.27. The zero-order valence-electron chi connectivity index (χ0n) is 11.8. The van der Waals surface area contributed by atoms with E-state index in [-0.39, 0.29) is 0 Å². The van der Waals surface area contributed by atoms with Crippen LogP contribution in [0.2, 0.25) is 0 Å². The molecule has 0 bridgehead atoms. The van der Waals surface area contributed by atoms with Gasteiger partial charge in [0.05, 0.1) is 17.6 Å². The van der Waals surface area contributed by atoms with Gasteiger partial charge in [0, 0.05) is 11.8 Å². The van der Waals surface area contributed by atoms with Crippen molar-refractivity contribution in [1.29, 1.82) is 0 Å². The Morgan fingerprint density at radius 2 is 1.64 bits per heavy atom. The van der Waals surface area contributed by atoms with Crippen molar-refractivity contribution in [2.45, 2.75) is 6.61 Å². The lowest BCUT2D eigenvalue weighted by molar-refractivity contribution is 0.305. The summed E-state index contributed by atoms with van der Waals surface area (Å²) in [5.41, 5.74) is 3.22. The van der Waals surface area contributed by atoms with Gasteiger partial charge in [-0.15, -0.1) is 0 Å². The van der Waals surface area contributed by atoms with Gasteiger partial charge >= 0.3 is 0 Å². The molecule has 4 heteroatoms. The molecular formula is C18H14NO2P. The van der Waals surface area contributed by atoms with Crippen molar-refractivity contribution >= 4 is 13.7 Å². The molecule has 1 aromatic heterocycles. The average Bonchev–Trinajstić information content (AvgIpc) is 2.60. The molecule has 2 heterocycles. The molecule has 3 aromatic rings. The maximum absolute atomic E-state index is 6.09. The Hall–Kier alpha value is -2.22. The highest BCUT2D eigenvalue weighted by atomic mass is 31.2. The Balaban J connectivity index is 1.65. The van der Waals surface area contributed by atoms with Gasteiger partial charge in [-0.2, -0.15) is 0 Å². The smallest absolute Gasteiger partial charge is 0.266 e.